The topological polar surface area (TPSA) is 79.5 Å². The van der Waals surface area contributed by atoms with Crippen molar-refractivity contribution in [2.75, 3.05) is 18.5 Å². The molecule has 0 bridgehead atoms. The van der Waals surface area contributed by atoms with Crippen LogP contribution in [0.4, 0.5) is 10.5 Å². The van der Waals surface area contributed by atoms with Crippen molar-refractivity contribution >= 4 is 17.6 Å². The Labute approximate surface area is 147 Å². The number of hydrogen-bond donors (Lipinski definition) is 3. The molecule has 0 saturated carbocycles. The van der Waals surface area contributed by atoms with E-state index in [1.807, 2.05) is 38.1 Å². The number of nitrogens with one attached hydrogen (secondary N) is 3. The minimum absolute atomic E-state index is 0.0302. The van der Waals surface area contributed by atoms with Crippen LogP contribution in [0.25, 0.3) is 0 Å². The Morgan fingerprint density at radius 3 is 2.40 bits per heavy atom. The summed E-state index contributed by atoms with van der Waals surface area (Å²) >= 11 is 0. The van der Waals surface area contributed by atoms with Gasteiger partial charge in [-0.15, -0.1) is 0 Å². The number of hydrogen-bond acceptors (Lipinski definition) is 3. The van der Waals surface area contributed by atoms with Gasteiger partial charge in [-0.3, -0.25) is 4.79 Å². The molecule has 0 aliphatic carbocycles. The van der Waals surface area contributed by atoms with Crippen LogP contribution in [0.15, 0.2) is 48.5 Å². The number of carbonyl (C=O) groups is 2. The lowest BCUT2D eigenvalue weighted by molar-refractivity contribution is -0.122. The van der Waals surface area contributed by atoms with Crippen LogP contribution in [-0.2, 0) is 11.3 Å². The highest BCUT2D eigenvalue weighted by atomic mass is 16.5. The minimum atomic E-state index is -0.278. The van der Waals surface area contributed by atoms with Gasteiger partial charge in [-0.05, 0) is 49.2 Å². The SMILES string of the molecule is CCNC(=O)COc1ccc(NC(=O)NCc2ccccc2C)cc1. The van der Waals surface area contributed by atoms with E-state index in [1.165, 1.54) is 0 Å². The number of carbonyl (C=O) groups excluding carboxylic acids is 2. The first-order valence-electron chi connectivity index (χ1n) is 8.17. The number of likely N-dealkylation sites (N-methyl/N-ethyl adjacent to an activating group) is 1. The van der Waals surface area contributed by atoms with E-state index in [1.54, 1.807) is 24.3 Å². The maximum atomic E-state index is 12.0. The molecule has 0 unspecified atom stereocenters. The van der Waals surface area contributed by atoms with Crippen molar-refractivity contribution in [3.63, 3.8) is 0 Å². The number of ether oxygens (including phenoxy) is 1. The molecule has 2 aromatic rings. The summed E-state index contributed by atoms with van der Waals surface area (Å²) in [5, 5.41) is 8.24. The van der Waals surface area contributed by atoms with E-state index >= 15 is 0 Å². The quantitative estimate of drug-likeness (QED) is 0.724. The fraction of sp³-hybridized carbons (Fsp3) is 0.263. The third-order valence-electron chi connectivity index (χ3n) is 3.56. The molecular formula is C19H23N3O3. The lowest BCUT2D eigenvalue weighted by atomic mass is 10.1. The number of benzene rings is 2. The summed E-state index contributed by atoms with van der Waals surface area (Å²) in [6.07, 6.45) is 0. The van der Waals surface area contributed by atoms with Gasteiger partial charge in [-0.1, -0.05) is 24.3 Å². The second kappa shape index (κ2) is 9.32. The van der Waals surface area contributed by atoms with Crippen molar-refractivity contribution in [1.82, 2.24) is 10.6 Å². The van der Waals surface area contributed by atoms with Gasteiger partial charge in [-0.2, -0.15) is 0 Å². The first kappa shape index (κ1) is 18.3. The fourth-order valence-electron chi connectivity index (χ4n) is 2.19. The largest absolute Gasteiger partial charge is 0.484 e. The molecule has 3 N–H and O–H groups in total. The number of anilines is 1. The van der Waals surface area contributed by atoms with Crippen LogP contribution in [0.5, 0.6) is 5.75 Å². The number of urea groups is 1. The van der Waals surface area contributed by atoms with Crippen LogP contribution in [0.1, 0.15) is 18.1 Å². The molecule has 6 nitrogen and oxygen atoms in total. The Hall–Kier alpha value is -3.02. The van der Waals surface area contributed by atoms with Crippen molar-refractivity contribution in [1.29, 1.82) is 0 Å². The van der Waals surface area contributed by atoms with E-state index < -0.39 is 0 Å². The fourth-order valence-corrected chi connectivity index (χ4v) is 2.19. The standard InChI is InChI=1S/C19H23N3O3/c1-3-20-18(23)13-25-17-10-8-16(9-11-17)22-19(24)21-12-15-7-5-4-6-14(15)2/h4-11H,3,12-13H2,1-2H3,(H,20,23)(H2,21,22,24). The summed E-state index contributed by atoms with van der Waals surface area (Å²) < 4.78 is 5.36. The lowest BCUT2D eigenvalue weighted by Crippen LogP contribution is -2.28. The predicted molar refractivity (Wildman–Crippen MR) is 97.7 cm³/mol. The van der Waals surface area contributed by atoms with Crippen molar-refractivity contribution in [2.45, 2.75) is 20.4 Å². The maximum absolute atomic E-state index is 12.0. The highest BCUT2D eigenvalue weighted by Crippen LogP contribution is 2.15. The van der Waals surface area contributed by atoms with Crippen LogP contribution >= 0.6 is 0 Å². The number of aryl methyl sites for hydroxylation is 1. The zero-order valence-electron chi connectivity index (χ0n) is 14.5. The van der Waals surface area contributed by atoms with E-state index in [4.69, 9.17) is 4.74 Å². The van der Waals surface area contributed by atoms with Gasteiger partial charge in [0.15, 0.2) is 6.61 Å². The molecule has 3 amide bonds. The molecule has 0 radical (unpaired) electrons. The lowest BCUT2D eigenvalue weighted by Gasteiger charge is -2.10. The summed E-state index contributed by atoms with van der Waals surface area (Å²) in [6.45, 7) is 4.86. The summed E-state index contributed by atoms with van der Waals surface area (Å²) in [7, 11) is 0. The predicted octanol–water partition coefficient (Wildman–Crippen LogP) is 2.83. The molecule has 0 aromatic heterocycles. The summed E-state index contributed by atoms with van der Waals surface area (Å²) in [6, 6.07) is 14.5. The second-order valence-electron chi connectivity index (χ2n) is 5.50. The molecule has 6 heteroatoms. The minimum Gasteiger partial charge on any atom is -0.484 e. The Balaban J connectivity index is 1.79. The van der Waals surface area contributed by atoms with Gasteiger partial charge in [0.05, 0.1) is 0 Å². The van der Waals surface area contributed by atoms with Crippen molar-refractivity contribution in [2.24, 2.45) is 0 Å². The van der Waals surface area contributed by atoms with Crippen LogP contribution in [0, 0.1) is 6.92 Å². The van der Waals surface area contributed by atoms with Gasteiger partial charge in [0, 0.05) is 18.8 Å². The van der Waals surface area contributed by atoms with E-state index in [0.717, 1.165) is 11.1 Å². The summed E-state index contributed by atoms with van der Waals surface area (Å²) in [4.78, 5) is 23.3. The molecule has 132 valence electrons. The molecular weight excluding hydrogens is 318 g/mol. The van der Waals surface area contributed by atoms with Gasteiger partial charge in [0.2, 0.25) is 0 Å². The van der Waals surface area contributed by atoms with Crippen molar-refractivity contribution < 1.29 is 14.3 Å². The monoisotopic (exact) mass is 341 g/mol. The van der Waals surface area contributed by atoms with Crippen molar-refractivity contribution in [3.05, 3.63) is 59.7 Å². The summed E-state index contributed by atoms with van der Waals surface area (Å²) in [5.74, 6) is 0.400. The van der Waals surface area contributed by atoms with Gasteiger partial charge >= 0.3 is 6.03 Å². The van der Waals surface area contributed by atoms with Crippen molar-refractivity contribution in [3.8, 4) is 5.75 Å². The Morgan fingerprint density at radius 1 is 1.00 bits per heavy atom. The number of rotatable bonds is 7. The average molecular weight is 341 g/mol. The van der Waals surface area contributed by atoms with Crippen LogP contribution in [0.2, 0.25) is 0 Å². The van der Waals surface area contributed by atoms with E-state index in [2.05, 4.69) is 16.0 Å². The van der Waals surface area contributed by atoms with Gasteiger partial charge in [-0.25, -0.2) is 4.79 Å². The molecule has 0 aliphatic heterocycles. The molecule has 0 spiro atoms. The Morgan fingerprint density at radius 2 is 1.72 bits per heavy atom. The van der Waals surface area contributed by atoms with E-state index in [0.29, 0.717) is 24.5 Å². The van der Waals surface area contributed by atoms with Gasteiger partial charge in [0.1, 0.15) is 5.75 Å². The first-order valence-corrected chi connectivity index (χ1v) is 8.17. The normalized spacial score (nSPS) is 10.0. The van der Waals surface area contributed by atoms with Gasteiger partial charge in [0.25, 0.3) is 5.91 Å². The third-order valence-corrected chi connectivity index (χ3v) is 3.56. The summed E-state index contributed by atoms with van der Waals surface area (Å²) in [5.41, 5.74) is 2.86. The maximum Gasteiger partial charge on any atom is 0.319 e. The molecule has 0 heterocycles. The Bertz CT molecular complexity index is 714. The molecule has 2 aromatic carbocycles. The highest BCUT2D eigenvalue weighted by Gasteiger charge is 2.04. The molecule has 0 aliphatic rings. The van der Waals surface area contributed by atoms with Gasteiger partial charge < -0.3 is 20.7 Å². The van der Waals surface area contributed by atoms with Crippen LogP contribution in [0.3, 0.4) is 0 Å². The smallest absolute Gasteiger partial charge is 0.319 e. The molecule has 0 atom stereocenters. The van der Waals surface area contributed by atoms with E-state index in [-0.39, 0.29) is 18.5 Å². The molecule has 2 rings (SSSR count). The highest BCUT2D eigenvalue weighted by molar-refractivity contribution is 5.89. The first-order chi connectivity index (χ1) is 12.1. The third kappa shape index (κ3) is 6.18. The molecule has 0 fully saturated rings. The number of amides is 3. The zero-order valence-corrected chi connectivity index (χ0v) is 14.5. The Kier molecular flexibility index (Phi) is 6.83. The average Bonchev–Trinajstić information content (AvgIpc) is 2.61. The molecule has 0 saturated heterocycles. The second-order valence-corrected chi connectivity index (χ2v) is 5.50. The van der Waals surface area contributed by atoms with Crippen LogP contribution in [-0.4, -0.2) is 25.1 Å². The van der Waals surface area contributed by atoms with E-state index in [9.17, 15) is 9.59 Å². The molecule has 25 heavy (non-hydrogen) atoms. The zero-order chi connectivity index (χ0) is 18.1. The van der Waals surface area contributed by atoms with Crippen LogP contribution < -0.4 is 20.7 Å².